The van der Waals surface area contributed by atoms with Crippen LogP contribution in [0.1, 0.15) is 20.3 Å². The molecule has 58 valence electrons. The molecule has 0 rings (SSSR count). The zero-order valence-electron chi connectivity index (χ0n) is 6.52. The minimum Gasteiger partial charge on any atom is -0.395 e. The predicted molar refractivity (Wildman–Crippen MR) is 40.3 cm³/mol. The molecule has 0 spiro atoms. The van der Waals surface area contributed by atoms with Crippen LogP contribution in [-0.2, 0) is 0 Å². The Kier molecular flexibility index (Phi) is 4.10. The van der Waals surface area contributed by atoms with Crippen LogP contribution < -0.4 is 0 Å². The van der Waals surface area contributed by atoms with Crippen LogP contribution in [-0.4, -0.2) is 23.4 Å². The molecule has 0 aliphatic heterocycles. The molecule has 2 heteroatoms. The Morgan fingerprint density at radius 2 is 1.90 bits per heavy atom. The molecule has 0 atom stereocenters. The Balaban J connectivity index is 3.77. The van der Waals surface area contributed by atoms with Gasteiger partial charge in [-0.25, -0.2) is 0 Å². The summed E-state index contributed by atoms with van der Waals surface area (Å²) in [5.41, 5.74) is -0.324. The second kappa shape index (κ2) is 4.32. The normalized spacial score (nSPS) is 10.4. The molecule has 0 aromatic heterocycles. The summed E-state index contributed by atoms with van der Waals surface area (Å²) in [6.07, 6.45) is 0.490. The van der Waals surface area contributed by atoms with Crippen molar-refractivity contribution in [3.8, 4) is 11.8 Å². The van der Waals surface area contributed by atoms with E-state index in [1.54, 1.807) is 0 Å². The van der Waals surface area contributed by atoms with E-state index < -0.39 is 0 Å². The Hall–Kier alpha value is -0.520. The molecule has 0 unspecified atom stereocenters. The fraction of sp³-hybridized carbons (Fsp3) is 0.750. The van der Waals surface area contributed by atoms with Crippen LogP contribution in [0.5, 0.6) is 0 Å². The van der Waals surface area contributed by atoms with E-state index in [4.69, 9.17) is 10.2 Å². The Bertz CT molecular complexity index is 139. The quantitative estimate of drug-likeness (QED) is 0.547. The molecule has 0 radical (unpaired) electrons. The van der Waals surface area contributed by atoms with Crippen molar-refractivity contribution in [1.29, 1.82) is 0 Å². The molecule has 0 aliphatic rings. The molecule has 10 heavy (non-hydrogen) atoms. The third-order valence-electron chi connectivity index (χ3n) is 1.06. The first-order chi connectivity index (χ1) is 4.62. The minimum absolute atomic E-state index is 0.0609. The summed E-state index contributed by atoms with van der Waals surface area (Å²) < 4.78 is 0. The van der Waals surface area contributed by atoms with E-state index in [0.717, 1.165) is 0 Å². The first-order valence-corrected chi connectivity index (χ1v) is 3.34. The Morgan fingerprint density at radius 1 is 1.30 bits per heavy atom. The van der Waals surface area contributed by atoms with E-state index >= 15 is 0 Å². The lowest BCUT2D eigenvalue weighted by atomic mass is 9.96. The molecule has 0 fully saturated rings. The van der Waals surface area contributed by atoms with E-state index in [0.29, 0.717) is 6.42 Å². The minimum atomic E-state index is -0.324. The van der Waals surface area contributed by atoms with E-state index in [2.05, 4.69) is 11.8 Å². The lowest BCUT2D eigenvalue weighted by molar-refractivity contribution is 0.206. The smallest absolute Gasteiger partial charge is 0.0591 e. The van der Waals surface area contributed by atoms with Gasteiger partial charge in [-0.15, -0.1) is 5.92 Å². The zero-order valence-corrected chi connectivity index (χ0v) is 6.52. The lowest BCUT2D eigenvalue weighted by Gasteiger charge is -2.11. The summed E-state index contributed by atoms with van der Waals surface area (Å²) >= 11 is 0. The van der Waals surface area contributed by atoms with Crippen molar-refractivity contribution in [3.63, 3.8) is 0 Å². The number of hydrogen-bond donors (Lipinski definition) is 2. The number of aliphatic hydroxyl groups is 2. The summed E-state index contributed by atoms with van der Waals surface area (Å²) in [6, 6.07) is 0. The van der Waals surface area contributed by atoms with E-state index in [-0.39, 0.29) is 18.6 Å². The molecule has 0 saturated carbocycles. The molecule has 0 saturated heterocycles. The summed E-state index contributed by atoms with van der Waals surface area (Å²) in [4.78, 5) is 0. The topological polar surface area (TPSA) is 40.5 Å². The van der Waals surface area contributed by atoms with Crippen LogP contribution in [0.15, 0.2) is 0 Å². The van der Waals surface area contributed by atoms with Gasteiger partial charge in [0.2, 0.25) is 0 Å². The fourth-order valence-electron chi connectivity index (χ4n) is 0.397. The first-order valence-electron chi connectivity index (χ1n) is 3.34. The van der Waals surface area contributed by atoms with Gasteiger partial charge in [0.25, 0.3) is 0 Å². The molecular formula is C8H14O2. The van der Waals surface area contributed by atoms with Gasteiger partial charge >= 0.3 is 0 Å². The maximum Gasteiger partial charge on any atom is 0.0591 e. The van der Waals surface area contributed by atoms with Crippen LogP contribution in [0, 0.1) is 17.3 Å². The SMILES string of the molecule is CC(C)(C#CCCO)CO. The Labute approximate surface area is 61.9 Å². The van der Waals surface area contributed by atoms with Gasteiger partial charge < -0.3 is 10.2 Å². The van der Waals surface area contributed by atoms with Gasteiger partial charge in [0.1, 0.15) is 0 Å². The molecule has 0 aliphatic carbocycles. The monoisotopic (exact) mass is 142 g/mol. The molecular weight excluding hydrogens is 128 g/mol. The van der Waals surface area contributed by atoms with E-state index in [1.165, 1.54) is 0 Å². The highest BCUT2D eigenvalue weighted by molar-refractivity contribution is 5.08. The molecule has 2 nitrogen and oxygen atoms in total. The average molecular weight is 142 g/mol. The van der Waals surface area contributed by atoms with Crippen molar-refractivity contribution in [2.45, 2.75) is 20.3 Å². The fourth-order valence-corrected chi connectivity index (χ4v) is 0.397. The molecule has 0 heterocycles. The molecule has 0 aromatic rings. The second-order valence-corrected chi connectivity index (χ2v) is 2.82. The van der Waals surface area contributed by atoms with Gasteiger partial charge in [-0.3, -0.25) is 0 Å². The first kappa shape index (κ1) is 9.48. The summed E-state index contributed by atoms with van der Waals surface area (Å²) in [5, 5.41) is 17.1. The summed E-state index contributed by atoms with van der Waals surface area (Å²) in [6.45, 7) is 3.87. The maximum absolute atomic E-state index is 8.73. The van der Waals surface area contributed by atoms with Crippen LogP contribution in [0.25, 0.3) is 0 Å². The number of hydrogen-bond acceptors (Lipinski definition) is 2. The highest BCUT2D eigenvalue weighted by Gasteiger charge is 2.10. The highest BCUT2D eigenvalue weighted by atomic mass is 16.3. The van der Waals surface area contributed by atoms with Crippen LogP contribution in [0.4, 0.5) is 0 Å². The van der Waals surface area contributed by atoms with Gasteiger partial charge in [0, 0.05) is 11.8 Å². The van der Waals surface area contributed by atoms with Crippen molar-refractivity contribution in [2.75, 3.05) is 13.2 Å². The van der Waals surface area contributed by atoms with Crippen molar-refractivity contribution in [3.05, 3.63) is 0 Å². The third kappa shape index (κ3) is 4.37. The van der Waals surface area contributed by atoms with Crippen molar-refractivity contribution in [2.24, 2.45) is 5.41 Å². The van der Waals surface area contributed by atoms with Gasteiger partial charge in [-0.05, 0) is 13.8 Å². The second-order valence-electron chi connectivity index (χ2n) is 2.82. The van der Waals surface area contributed by atoms with Gasteiger partial charge in [0.05, 0.1) is 13.2 Å². The molecule has 0 aromatic carbocycles. The summed E-state index contributed by atoms with van der Waals surface area (Å²) in [7, 11) is 0. The van der Waals surface area contributed by atoms with Gasteiger partial charge in [-0.1, -0.05) is 5.92 Å². The largest absolute Gasteiger partial charge is 0.395 e. The third-order valence-corrected chi connectivity index (χ3v) is 1.06. The number of rotatable bonds is 2. The zero-order chi connectivity index (χ0) is 8.04. The number of aliphatic hydroxyl groups excluding tert-OH is 2. The van der Waals surface area contributed by atoms with E-state index in [1.807, 2.05) is 13.8 Å². The van der Waals surface area contributed by atoms with E-state index in [9.17, 15) is 0 Å². The van der Waals surface area contributed by atoms with Crippen molar-refractivity contribution >= 4 is 0 Å². The molecule has 2 N–H and O–H groups in total. The van der Waals surface area contributed by atoms with Gasteiger partial charge in [0.15, 0.2) is 0 Å². The van der Waals surface area contributed by atoms with Crippen molar-refractivity contribution in [1.82, 2.24) is 0 Å². The highest BCUT2D eigenvalue weighted by Crippen LogP contribution is 2.10. The van der Waals surface area contributed by atoms with Gasteiger partial charge in [-0.2, -0.15) is 0 Å². The summed E-state index contributed by atoms with van der Waals surface area (Å²) in [5.74, 6) is 5.62. The Morgan fingerprint density at radius 3 is 2.30 bits per heavy atom. The predicted octanol–water partition coefficient (Wildman–Crippen LogP) is 0.391. The van der Waals surface area contributed by atoms with Crippen LogP contribution >= 0.6 is 0 Å². The standard InChI is InChI=1S/C8H14O2/c1-8(2,7-10)5-3-4-6-9/h9-10H,4,6-7H2,1-2H3. The maximum atomic E-state index is 8.73. The lowest BCUT2D eigenvalue weighted by Crippen LogP contribution is -2.13. The van der Waals surface area contributed by atoms with Crippen molar-refractivity contribution < 1.29 is 10.2 Å². The molecule has 0 bridgehead atoms. The average Bonchev–Trinajstić information content (AvgIpc) is 1.89. The van der Waals surface area contributed by atoms with Crippen LogP contribution in [0.2, 0.25) is 0 Å². The molecule has 0 amide bonds. The van der Waals surface area contributed by atoms with Crippen LogP contribution in [0.3, 0.4) is 0 Å².